The second-order valence-corrected chi connectivity index (χ2v) is 4.35. The van der Waals surface area contributed by atoms with E-state index in [0.29, 0.717) is 13.1 Å². The fourth-order valence-corrected chi connectivity index (χ4v) is 1.78. The fraction of sp³-hybridized carbons (Fsp3) is 0.286. The number of nitrogens with one attached hydrogen (secondary N) is 1. The highest BCUT2D eigenvalue weighted by molar-refractivity contribution is 5.94. The number of carbonyl (C=O) groups excluding carboxylic acids is 2. The Bertz CT molecular complexity index is 477. The molecule has 1 fully saturated rings. The van der Waals surface area contributed by atoms with Crippen LogP contribution in [0.4, 0.5) is 0 Å². The Balaban J connectivity index is 1.98. The molecule has 1 aromatic carbocycles. The largest absolute Gasteiger partial charge is 0.353 e. The van der Waals surface area contributed by atoms with Crippen LogP contribution in [0.1, 0.15) is 11.1 Å². The number of hydrogen-bond donors (Lipinski definition) is 1. The lowest BCUT2D eigenvalue weighted by atomic mass is 10.1. The van der Waals surface area contributed by atoms with Crippen LogP contribution in [0.15, 0.2) is 30.3 Å². The maximum absolute atomic E-state index is 11.8. The molecule has 2 amide bonds. The van der Waals surface area contributed by atoms with Crippen molar-refractivity contribution in [1.29, 1.82) is 0 Å². The maximum Gasteiger partial charge on any atom is 0.247 e. The van der Waals surface area contributed by atoms with Crippen LogP contribution in [0.2, 0.25) is 0 Å². The Morgan fingerprint density at radius 3 is 2.72 bits per heavy atom. The minimum Gasteiger partial charge on any atom is -0.353 e. The van der Waals surface area contributed by atoms with Crippen LogP contribution in [0.25, 0.3) is 6.08 Å². The van der Waals surface area contributed by atoms with Gasteiger partial charge >= 0.3 is 0 Å². The minimum absolute atomic E-state index is 0.0988. The minimum atomic E-state index is -0.120. The SMILES string of the molecule is Cc1ccc(/C=C/C(=O)N2CCNC(=O)C2)cc1. The first-order chi connectivity index (χ1) is 8.65. The van der Waals surface area contributed by atoms with E-state index in [-0.39, 0.29) is 18.4 Å². The maximum atomic E-state index is 11.8. The molecule has 94 valence electrons. The predicted octanol–water partition coefficient (Wildman–Crippen LogP) is 0.967. The van der Waals surface area contributed by atoms with Gasteiger partial charge in [0.1, 0.15) is 0 Å². The van der Waals surface area contributed by atoms with Gasteiger partial charge in [0.25, 0.3) is 0 Å². The normalized spacial score (nSPS) is 15.8. The van der Waals surface area contributed by atoms with Crippen molar-refractivity contribution >= 4 is 17.9 Å². The topological polar surface area (TPSA) is 49.4 Å². The van der Waals surface area contributed by atoms with Crippen LogP contribution in [0.3, 0.4) is 0 Å². The molecule has 1 saturated heterocycles. The molecule has 18 heavy (non-hydrogen) atoms. The summed E-state index contributed by atoms with van der Waals surface area (Å²) < 4.78 is 0. The molecule has 1 N–H and O–H groups in total. The van der Waals surface area contributed by atoms with Gasteiger partial charge in [0.15, 0.2) is 0 Å². The number of aryl methyl sites for hydroxylation is 1. The molecule has 0 aliphatic carbocycles. The standard InChI is InChI=1S/C14H16N2O2/c1-11-2-4-12(5-3-11)6-7-14(18)16-9-8-15-13(17)10-16/h2-7H,8-10H2,1H3,(H,15,17)/b7-6+. The van der Waals surface area contributed by atoms with Crippen molar-refractivity contribution in [3.8, 4) is 0 Å². The summed E-state index contributed by atoms with van der Waals surface area (Å²) in [6, 6.07) is 7.92. The van der Waals surface area contributed by atoms with E-state index in [9.17, 15) is 9.59 Å². The van der Waals surface area contributed by atoms with Crippen LogP contribution in [0.5, 0.6) is 0 Å². The molecule has 0 bridgehead atoms. The highest BCUT2D eigenvalue weighted by atomic mass is 16.2. The molecule has 4 nitrogen and oxygen atoms in total. The summed E-state index contributed by atoms with van der Waals surface area (Å²) in [5.74, 6) is -0.219. The highest BCUT2D eigenvalue weighted by Gasteiger charge is 2.18. The average molecular weight is 244 g/mol. The molecule has 1 aromatic rings. The van der Waals surface area contributed by atoms with Gasteiger partial charge in [-0.3, -0.25) is 9.59 Å². The molecule has 0 unspecified atom stereocenters. The summed E-state index contributed by atoms with van der Waals surface area (Å²) in [5, 5.41) is 2.69. The van der Waals surface area contributed by atoms with Crippen molar-refractivity contribution in [3.63, 3.8) is 0 Å². The second kappa shape index (κ2) is 5.49. The first-order valence-electron chi connectivity index (χ1n) is 5.95. The van der Waals surface area contributed by atoms with Crippen molar-refractivity contribution < 1.29 is 9.59 Å². The van der Waals surface area contributed by atoms with E-state index in [1.54, 1.807) is 11.0 Å². The van der Waals surface area contributed by atoms with Gasteiger partial charge in [0, 0.05) is 19.2 Å². The molecule has 1 aliphatic rings. The zero-order chi connectivity index (χ0) is 13.0. The Morgan fingerprint density at radius 2 is 2.06 bits per heavy atom. The average Bonchev–Trinajstić information content (AvgIpc) is 2.38. The summed E-state index contributed by atoms with van der Waals surface area (Å²) in [7, 11) is 0. The van der Waals surface area contributed by atoms with Crippen molar-refractivity contribution in [2.75, 3.05) is 19.6 Å². The smallest absolute Gasteiger partial charge is 0.247 e. The highest BCUT2D eigenvalue weighted by Crippen LogP contribution is 2.06. The third-order valence-electron chi connectivity index (χ3n) is 2.85. The van der Waals surface area contributed by atoms with Crippen molar-refractivity contribution in [3.05, 3.63) is 41.5 Å². The lowest BCUT2D eigenvalue weighted by Gasteiger charge is -2.25. The zero-order valence-corrected chi connectivity index (χ0v) is 10.3. The molecular formula is C14H16N2O2. The monoisotopic (exact) mass is 244 g/mol. The van der Waals surface area contributed by atoms with Gasteiger partial charge in [-0.25, -0.2) is 0 Å². The lowest BCUT2D eigenvalue weighted by molar-refractivity contribution is -0.134. The van der Waals surface area contributed by atoms with E-state index in [1.807, 2.05) is 31.2 Å². The lowest BCUT2D eigenvalue weighted by Crippen LogP contribution is -2.49. The third kappa shape index (κ3) is 3.20. The molecule has 0 spiro atoms. The Labute approximate surface area is 106 Å². The number of benzene rings is 1. The number of nitrogens with zero attached hydrogens (tertiary/aromatic N) is 1. The Hall–Kier alpha value is -2.10. The Kier molecular flexibility index (Phi) is 3.77. The molecule has 2 rings (SSSR count). The number of carbonyl (C=O) groups is 2. The van der Waals surface area contributed by atoms with Crippen LogP contribution >= 0.6 is 0 Å². The number of hydrogen-bond acceptors (Lipinski definition) is 2. The van der Waals surface area contributed by atoms with E-state index in [0.717, 1.165) is 5.56 Å². The molecule has 0 aromatic heterocycles. The first kappa shape index (κ1) is 12.4. The third-order valence-corrected chi connectivity index (χ3v) is 2.85. The van der Waals surface area contributed by atoms with Gasteiger partial charge in [-0.15, -0.1) is 0 Å². The van der Waals surface area contributed by atoms with Crippen LogP contribution in [-0.4, -0.2) is 36.3 Å². The second-order valence-electron chi connectivity index (χ2n) is 4.35. The first-order valence-corrected chi connectivity index (χ1v) is 5.95. The molecule has 4 heteroatoms. The quantitative estimate of drug-likeness (QED) is 0.788. The Morgan fingerprint density at radius 1 is 1.33 bits per heavy atom. The number of rotatable bonds is 2. The van der Waals surface area contributed by atoms with Gasteiger partial charge in [0.2, 0.25) is 11.8 Å². The van der Waals surface area contributed by atoms with E-state index < -0.39 is 0 Å². The van der Waals surface area contributed by atoms with E-state index in [1.165, 1.54) is 11.6 Å². The molecule has 0 atom stereocenters. The molecule has 0 saturated carbocycles. The van der Waals surface area contributed by atoms with Crippen LogP contribution < -0.4 is 5.32 Å². The molecular weight excluding hydrogens is 228 g/mol. The van der Waals surface area contributed by atoms with Gasteiger partial charge in [-0.05, 0) is 18.6 Å². The van der Waals surface area contributed by atoms with Crippen molar-refractivity contribution in [1.82, 2.24) is 10.2 Å². The predicted molar refractivity (Wildman–Crippen MR) is 69.8 cm³/mol. The van der Waals surface area contributed by atoms with E-state index >= 15 is 0 Å². The molecule has 1 aliphatic heterocycles. The number of amides is 2. The van der Waals surface area contributed by atoms with Gasteiger partial charge in [-0.1, -0.05) is 29.8 Å². The van der Waals surface area contributed by atoms with E-state index in [4.69, 9.17) is 0 Å². The summed E-state index contributed by atoms with van der Waals surface area (Å²) in [6.07, 6.45) is 3.29. The van der Waals surface area contributed by atoms with E-state index in [2.05, 4.69) is 5.32 Å². The van der Waals surface area contributed by atoms with Gasteiger partial charge < -0.3 is 10.2 Å². The summed E-state index contributed by atoms with van der Waals surface area (Å²) >= 11 is 0. The van der Waals surface area contributed by atoms with Gasteiger partial charge in [0.05, 0.1) is 6.54 Å². The summed E-state index contributed by atoms with van der Waals surface area (Å²) in [5.41, 5.74) is 2.17. The summed E-state index contributed by atoms with van der Waals surface area (Å²) in [6.45, 7) is 3.27. The van der Waals surface area contributed by atoms with Gasteiger partial charge in [-0.2, -0.15) is 0 Å². The van der Waals surface area contributed by atoms with Crippen molar-refractivity contribution in [2.24, 2.45) is 0 Å². The van der Waals surface area contributed by atoms with Crippen LogP contribution in [-0.2, 0) is 9.59 Å². The number of piperazine rings is 1. The summed E-state index contributed by atoms with van der Waals surface area (Å²) in [4.78, 5) is 24.5. The van der Waals surface area contributed by atoms with Crippen molar-refractivity contribution in [2.45, 2.75) is 6.92 Å². The molecule has 0 radical (unpaired) electrons. The fourth-order valence-electron chi connectivity index (χ4n) is 1.78. The molecule has 1 heterocycles. The zero-order valence-electron chi connectivity index (χ0n) is 10.3. The van der Waals surface area contributed by atoms with Crippen LogP contribution in [0, 0.1) is 6.92 Å².